The fourth-order valence-electron chi connectivity index (χ4n) is 4.11. The molecule has 0 unspecified atom stereocenters. The van der Waals surface area contributed by atoms with Crippen LogP contribution in [0.1, 0.15) is 13.8 Å². The van der Waals surface area contributed by atoms with Crippen LogP contribution in [0.25, 0.3) is 55.8 Å². The third-order valence-corrected chi connectivity index (χ3v) is 5.60. The summed E-state index contributed by atoms with van der Waals surface area (Å²) in [5.74, 6) is -0.0744. The van der Waals surface area contributed by atoms with Crippen LogP contribution in [-0.2, 0) is 0 Å². The standard InChI is InChI=1S/C25H20FN9/c1-13(2)31-16-6-15(8-28-9-16)22-21(26)20-18(12-30-22)34-35-24(20)25-32-19-11-29-10-17(23(19)33-25)14-4-3-5-27-7-14/h3-13,31H,1-2H3,(H,32,33)(H,34,35). The van der Waals surface area contributed by atoms with Crippen molar-refractivity contribution in [3.8, 4) is 33.9 Å². The molecule has 0 fully saturated rings. The molecule has 10 heteroatoms. The number of pyridine rings is 4. The van der Waals surface area contributed by atoms with E-state index in [4.69, 9.17) is 4.98 Å². The van der Waals surface area contributed by atoms with Gasteiger partial charge in [0.05, 0.1) is 34.5 Å². The normalized spacial score (nSPS) is 11.5. The largest absolute Gasteiger partial charge is 0.382 e. The molecule has 35 heavy (non-hydrogen) atoms. The average molecular weight is 465 g/mol. The van der Waals surface area contributed by atoms with Crippen molar-refractivity contribution in [2.75, 3.05) is 5.32 Å². The van der Waals surface area contributed by atoms with E-state index < -0.39 is 5.82 Å². The van der Waals surface area contributed by atoms with E-state index in [1.54, 1.807) is 43.4 Å². The fraction of sp³-hybridized carbons (Fsp3) is 0.120. The first-order valence-electron chi connectivity index (χ1n) is 11.1. The van der Waals surface area contributed by atoms with Crippen LogP contribution >= 0.6 is 0 Å². The van der Waals surface area contributed by atoms with Gasteiger partial charge in [0.2, 0.25) is 0 Å². The molecule has 6 aromatic rings. The number of hydrogen-bond donors (Lipinski definition) is 3. The van der Waals surface area contributed by atoms with Gasteiger partial charge in [-0.15, -0.1) is 0 Å². The Hall–Kier alpha value is -4.73. The van der Waals surface area contributed by atoms with Crippen LogP contribution < -0.4 is 5.32 Å². The molecule has 6 rings (SSSR count). The lowest BCUT2D eigenvalue weighted by molar-refractivity contribution is 0.638. The highest BCUT2D eigenvalue weighted by molar-refractivity contribution is 5.97. The molecule has 6 aromatic heterocycles. The zero-order chi connectivity index (χ0) is 23.9. The Morgan fingerprint density at radius 1 is 0.914 bits per heavy atom. The molecule has 0 saturated carbocycles. The van der Waals surface area contributed by atoms with E-state index in [9.17, 15) is 0 Å². The van der Waals surface area contributed by atoms with Crippen molar-refractivity contribution in [1.29, 1.82) is 0 Å². The maximum atomic E-state index is 15.9. The highest BCUT2D eigenvalue weighted by Crippen LogP contribution is 2.34. The van der Waals surface area contributed by atoms with Crippen LogP contribution in [0, 0.1) is 5.82 Å². The number of fused-ring (bicyclic) bond motifs is 2. The first-order chi connectivity index (χ1) is 17.1. The topological polar surface area (TPSA) is 121 Å². The SMILES string of the molecule is CC(C)Nc1cncc(-c2ncc3[nH]nc(-c4nc5c(-c6cccnc6)cncc5[nH]4)c3c2F)c1. The van der Waals surface area contributed by atoms with E-state index in [0.29, 0.717) is 39.0 Å². The molecule has 0 bridgehead atoms. The lowest BCUT2D eigenvalue weighted by Crippen LogP contribution is -2.09. The Bertz CT molecular complexity index is 1670. The van der Waals surface area contributed by atoms with Gasteiger partial charge in [0.1, 0.15) is 16.9 Å². The minimum Gasteiger partial charge on any atom is -0.382 e. The fourth-order valence-corrected chi connectivity index (χ4v) is 4.11. The first-order valence-corrected chi connectivity index (χ1v) is 11.1. The second kappa shape index (κ2) is 8.24. The smallest absolute Gasteiger partial charge is 0.161 e. The molecule has 0 aliphatic heterocycles. The van der Waals surface area contributed by atoms with E-state index in [2.05, 4.69) is 40.4 Å². The van der Waals surface area contributed by atoms with Gasteiger partial charge in [-0.3, -0.25) is 25.0 Å². The van der Waals surface area contributed by atoms with Gasteiger partial charge in [-0.2, -0.15) is 5.10 Å². The zero-order valence-electron chi connectivity index (χ0n) is 18.9. The molecule has 0 radical (unpaired) electrons. The predicted molar refractivity (Wildman–Crippen MR) is 132 cm³/mol. The lowest BCUT2D eigenvalue weighted by Gasteiger charge is -2.11. The predicted octanol–water partition coefficient (Wildman–Crippen LogP) is 4.98. The Morgan fingerprint density at radius 2 is 1.77 bits per heavy atom. The van der Waals surface area contributed by atoms with Crippen molar-refractivity contribution in [1.82, 2.24) is 40.1 Å². The number of nitrogens with zero attached hydrogens (tertiary/aromatic N) is 6. The van der Waals surface area contributed by atoms with Crippen LogP contribution in [0.2, 0.25) is 0 Å². The Morgan fingerprint density at radius 3 is 2.60 bits per heavy atom. The van der Waals surface area contributed by atoms with Crippen molar-refractivity contribution in [3.63, 3.8) is 0 Å². The molecule has 172 valence electrons. The number of imidazole rings is 1. The minimum absolute atomic E-state index is 0.189. The molecule has 0 amide bonds. The number of aromatic amines is 2. The van der Waals surface area contributed by atoms with Gasteiger partial charge < -0.3 is 10.3 Å². The summed E-state index contributed by atoms with van der Waals surface area (Å²) in [4.78, 5) is 25.1. The summed E-state index contributed by atoms with van der Waals surface area (Å²) >= 11 is 0. The average Bonchev–Trinajstić information content (AvgIpc) is 3.49. The zero-order valence-corrected chi connectivity index (χ0v) is 18.9. The van der Waals surface area contributed by atoms with E-state index in [1.807, 2.05) is 32.0 Å². The van der Waals surface area contributed by atoms with Crippen LogP contribution in [-0.4, -0.2) is 46.1 Å². The Labute approximate surface area is 198 Å². The third kappa shape index (κ3) is 3.65. The number of nitrogens with one attached hydrogen (secondary N) is 3. The third-order valence-electron chi connectivity index (χ3n) is 5.60. The maximum Gasteiger partial charge on any atom is 0.161 e. The maximum absolute atomic E-state index is 15.9. The summed E-state index contributed by atoms with van der Waals surface area (Å²) in [6, 6.07) is 5.84. The van der Waals surface area contributed by atoms with Crippen molar-refractivity contribution >= 4 is 27.6 Å². The summed E-state index contributed by atoms with van der Waals surface area (Å²) < 4.78 is 15.9. The number of rotatable bonds is 5. The molecular weight excluding hydrogens is 445 g/mol. The van der Waals surface area contributed by atoms with E-state index in [-0.39, 0.29) is 11.7 Å². The number of aromatic nitrogens is 8. The van der Waals surface area contributed by atoms with Gasteiger partial charge in [-0.05, 0) is 26.0 Å². The Kier molecular flexibility index (Phi) is 4.91. The van der Waals surface area contributed by atoms with E-state index in [0.717, 1.165) is 16.8 Å². The molecular formula is C25H20FN9. The van der Waals surface area contributed by atoms with Gasteiger partial charge in [-0.1, -0.05) is 6.07 Å². The molecule has 0 aliphatic rings. The highest BCUT2D eigenvalue weighted by Gasteiger charge is 2.21. The minimum atomic E-state index is -0.499. The number of hydrogen-bond acceptors (Lipinski definition) is 7. The van der Waals surface area contributed by atoms with Gasteiger partial charge in [0.15, 0.2) is 11.6 Å². The number of halogens is 1. The van der Waals surface area contributed by atoms with E-state index >= 15 is 4.39 Å². The molecule has 0 saturated heterocycles. The molecule has 3 N–H and O–H groups in total. The number of H-pyrrole nitrogens is 2. The summed E-state index contributed by atoms with van der Waals surface area (Å²) in [5.41, 5.74) is 5.49. The van der Waals surface area contributed by atoms with Crippen LogP contribution in [0.4, 0.5) is 10.1 Å². The van der Waals surface area contributed by atoms with Gasteiger partial charge in [0.25, 0.3) is 0 Å². The van der Waals surface area contributed by atoms with Crippen molar-refractivity contribution in [3.05, 3.63) is 67.4 Å². The molecule has 6 heterocycles. The second-order valence-corrected chi connectivity index (χ2v) is 8.45. The van der Waals surface area contributed by atoms with Gasteiger partial charge >= 0.3 is 0 Å². The molecule has 0 aliphatic carbocycles. The van der Waals surface area contributed by atoms with Gasteiger partial charge in [-0.25, -0.2) is 9.37 Å². The van der Waals surface area contributed by atoms with Crippen molar-refractivity contribution in [2.24, 2.45) is 0 Å². The van der Waals surface area contributed by atoms with E-state index in [1.165, 1.54) is 0 Å². The summed E-state index contributed by atoms with van der Waals surface area (Å²) in [6.45, 7) is 4.05. The first kappa shape index (κ1) is 20.8. The lowest BCUT2D eigenvalue weighted by atomic mass is 10.1. The monoisotopic (exact) mass is 465 g/mol. The number of anilines is 1. The van der Waals surface area contributed by atoms with Crippen LogP contribution in [0.5, 0.6) is 0 Å². The molecule has 0 aromatic carbocycles. The molecule has 0 atom stereocenters. The van der Waals surface area contributed by atoms with Gasteiger partial charge in [0, 0.05) is 53.7 Å². The van der Waals surface area contributed by atoms with Crippen molar-refractivity contribution < 1.29 is 4.39 Å². The van der Waals surface area contributed by atoms with Crippen molar-refractivity contribution in [2.45, 2.75) is 19.9 Å². The molecule has 0 spiro atoms. The highest BCUT2D eigenvalue weighted by atomic mass is 19.1. The Balaban J connectivity index is 1.49. The summed E-state index contributed by atoms with van der Waals surface area (Å²) in [5, 5.41) is 10.8. The second-order valence-electron chi connectivity index (χ2n) is 8.45. The quantitative estimate of drug-likeness (QED) is 0.328. The summed E-state index contributed by atoms with van der Waals surface area (Å²) in [7, 11) is 0. The molecule has 9 nitrogen and oxygen atoms in total. The summed E-state index contributed by atoms with van der Waals surface area (Å²) in [6.07, 6.45) is 11.7. The van der Waals surface area contributed by atoms with Crippen LogP contribution in [0.3, 0.4) is 0 Å². The van der Waals surface area contributed by atoms with Crippen LogP contribution in [0.15, 0.2) is 61.6 Å².